The Kier molecular flexibility index (Phi) is 3.99. The van der Waals surface area contributed by atoms with Crippen molar-refractivity contribution >= 4 is 11.9 Å². The van der Waals surface area contributed by atoms with Gasteiger partial charge in [0.1, 0.15) is 12.6 Å². The highest BCUT2D eigenvalue weighted by Crippen LogP contribution is 2.28. The first kappa shape index (κ1) is 12.4. The molecule has 1 saturated carbocycles. The molecular formula is C12H19NO4. The van der Waals surface area contributed by atoms with Crippen LogP contribution in [0.5, 0.6) is 0 Å². The molecule has 0 radical (unpaired) electrons. The van der Waals surface area contributed by atoms with E-state index in [2.05, 4.69) is 0 Å². The van der Waals surface area contributed by atoms with Crippen LogP contribution in [-0.4, -0.2) is 47.7 Å². The lowest BCUT2D eigenvalue weighted by atomic mass is 10.0. The first-order chi connectivity index (χ1) is 8.18. The van der Waals surface area contributed by atoms with Crippen molar-refractivity contribution in [3.8, 4) is 0 Å². The third kappa shape index (κ3) is 3.43. The Hall–Kier alpha value is -1.10. The molecule has 5 heteroatoms. The average molecular weight is 241 g/mol. The molecule has 1 amide bonds. The van der Waals surface area contributed by atoms with Crippen molar-refractivity contribution in [2.24, 2.45) is 5.92 Å². The van der Waals surface area contributed by atoms with Crippen molar-refractivity contribution in [2.45, 2.75) is 38.1 Å². The number of amides is 1. The van der Waals surface area contributed by atoms with Crippen LogP contribution in [0.3, 0.4) is 0 Å². The Labute approximate surface area is 101 Å². The molecule has 1 heterocycles. The molecular weight excluding hydrogens is 222 g/mol. The van der Waals surface area contributed by atoms with Gasteiger partial charge in [0.2, 0.25) is 5.91 Å². The van der Waals surface area contributed by atoms with Crippen molar-refractivity contribution in [2.75, 3.05) is 19.8 Å². The molecule has 17 heavy (non-hydrogen) atoms. The number of piperidine rings is 1. The maximum atomic E-state index is 11.9. The quantitative estimate of drug-likeness (QED) is 0.776. The minimum absolute atomic E-state index is 0.0281. The molecule has 0 aromatic rings. The van der Waals surface area contributed by atoms with Crippen molar-refractivity contribution < 1.29 is 19.4 Å². The average Bonchev–Trinajstić information content (AvgIpc) is 3.13. The first-order valence-electron chi connectivity index (χ1n) is 6.28. The third-order valence-corrected chi connectivity index (χ3v) is 3.38. The predicted molar refractivity (Wildman–Crippen MR) is 60.5 cm³/mol. The fourth-order valence-electron chi connectivity index (χ4n) is 2.17. The predicted octanol–water partition coefficient (Wildman–Crippen LogP) is 0.879. The van der Waals surface area contributed by atoms with Gasteiger partial charge in [-0.15, -0.1) is 0 Å². The van der Waals surface area contributed by atoms with Crippen molar-refractivity contribution in [3.63, 3.8) is 0 Å². The van der Waals surface area contributed by atoms with Gasteiger partial charge in [0.15, 0.2) is 0 Å². The number of hydrogen-bond donors (Lipinski definition) is 1. The summed E-state index contributed by atoms with van der Waals surface area (Å²) in [6.07, 6.45) is 4.71. The lowest BCUT2D eigenvalue weighted by Crippen LogP contribution is -2.49. The van der Waals surface area contributed by atoms with E-state index in [1.165, 1.54) is 17.7 Å². The van der Waals surface area contributed by atoms with Crippen LogP contribution in [0.4, 0.5) is 0 Å². The van der Waals surface area contributed by atoms with Crippen LogP contribution in [0.1, 0.15) is 32.1 Å². The maximum Gasteiger partial charge on any atom is 0.326 e. The molecule has 1 aliphatic heterocycles. The molecule has 5 nitrogen and oxygen atoms in total. The number of hydrogen-bond acceptors (Lipinski definition) is 3. The number of carboxylic acid groups (broad SMARTS) is 1. The summed E-state index contributed by atoms with van der Waals surface area (Å²) in [5.41, 5.74) is 0. The first-order valence-corrected chi connectivity index (χ1v) is 6.28. The van der Waals surface area contributed by atoms with E-state index in [1.54, 1.807) is 0 Å². The second kappa shape index (κ2) is 5.49. The SMILES string of the molecule is O=C(O)[C@H]1CCCCN1C(=O)COCC1CC1. The molecule has 1 N–H and O–H groups in total. The molecule has 2 aliphatic rings. The van der Waals surface area contributed by atoms with Crippen LogP contribution < -0.4 is 0 Å². The lowest BCUT2D eigenvalue weighted by Gasteiger charge is -2.32. The monoisotopic (exact) mass is 241 g/mol. The summed E-state index contributed by atoms with van der Waals surface area (Å²) < 4.78 is 5.32. The molecule has 0 bridgehead atoms. The van der Waals surface area contributed by atoms with Gasteiger partial charge in [-0.2, -0.15) is 0 Å². The molecule has 0 aromatic carbocycles. The van der Waals surface area contributed by atoms with Gasteiger partial charge in [0, 0.05) is 6.54 Å². The van der Waals surface area contributed by atoms with Gasteiger partial charge in [-0.1, -0.05) is 0 Å². The van der Waals surface area contributed by atoms with Crippen molar-refractivity contribution in [1.29, 1.82) is 0 Å². The van der Waals surface area contributed by atoms with E-state index in [1.807, 2.05) is 0 Å². The normalized spacial score (nSPS) is 24.7. The molecule has 2 rings (SSSR count). The second-order valence-electron chi connectivity index (χ2n) is 4.90. The summed E-state index contributed by atoms with van der Waals surface area (Å²) >= 11 is 0. The third-order valence-electron chi connectivity index (χ3n) is 3.38. The van der Waals surface area contributed by atoms with Crippen molar-refractivity contribution in [3.05, 3.63) is 0 Å². The highest BCUT2D eigenvalue weighted by molar-refractivity contribution is 5.84. The van der Waals surface area contributed by atoms with Gasteiger partial charge >= 0.3 is 5.97 Å². The van der Waals surface area contributed by atoms with Gasteiger partial charge in [-0.05, 0) is 38.0 Å². The Balaban J connectivity index is 1.79. The Morgan fingerprint density at radius 1 is 1.24 bits per heavy atom. The second-order valence-corrected chi connectivity index (χ2v) is 4.90. The number of carbonyl (C=O) groups is 2. The number of carboxylic acids is 1. The maximum absolute atomic E-state index is 11.9. The van der Waals surface area contributed by atoms with E-state index in [4.69, 9.17) is 9.84 Å². The molecule has 1 saturated heterocycles. The highest BCUT2D eigenvalue weighted by Gasteiger charge is 2.32. The largest absolute Gasteiger partial charge is 0.480 e. The van der Waals surface area contributed by atoms with Gasteiger partial charge in [0.25, 0.3) is 0 Å². The summed E-state index contributed by atoms with van der Waals surface area (Å²) in [4.78, 5) is 24.3. The molecule has 1 atom stereocenters. The fourth-order valence-corrected chi connectivity index (χ4v) is 2.17. The summed E-state index contributed by atoms with van der Waals surface area (Å²) in [6, 6.07) is -0.652. The van der Waals surface area contributed by atoms with Gasteiger partial charge in [0.05, 0.1) is 6.61 Å². The highest BCUT2D eigenvalue weighted by atomic mass is 16.5. The zero-order valence-corrected chi connectivity index (χ0v) is 9.93. The van der Waals surface area contributed by atoms with E-state index in [9.17, 15) is 9.59 Å². The molecule has 1 aliphatic carbocycles. The number of ether oxygens (including phenoxy) is 1. The van der Waals surface area contributed by atoms with E-state index >= 15 is 0 Å². The van der Waals surface area contributed by atoms with Gasteiger partial charge in [-0.25, -0.2) is 4.79 Å². The number of carbonyl (C=O) groups excluding carboxylic acids is 1. The Bertz CT molecular complexity index is 301. The fraction of sp³-hybridized carbons (Fsp3) is 0.833. The molecule has 0 unspecified atom stereocenters. The number of nitrogens with zero attached hydrogens (tertiary/aromatic N) is 1. The number of likely N-dealkylation sites (tertiary alicyclic amines) is 1. The summed E-state index contributed by atoms with van der Waals surface area (Å²) in [5, 5.41) is 9.05. The van der Waals surface area contributed by atoms with Crippen LogP contribution in [0.25, 0.3) is 0 Å². The van der Waals surface area contributed by atoms with Crippen LogP contribution in [0, 0.1) is 5.92 Å². The summed E-state index contributed by atoms with van der Waals surface area (Å²) in [5.74, 6) is -0.461. The smallest absolute Gasteiger partial charge is 0.326 e. The number of aliphatic carboxylic acids is 1. The van der Waals surface area contributed by atoms with E-state index < -0.39 is 12.0 Å². The van der Waals surface area contributed by atoms with Gasteiger partial charge in [-0.3, -0.25) is 4.79 Å². The van der Waals surface area contributed by atoms with Crippen molar-refractivity contribution in [1.82, 2.24) is 4.90 Å². The van der Waals surface area contributed by atoms with Gasteiger partial charge < -0.3 is 14.7 Å². The minimum atomic E-state index is -0.903. The Morgan fingerprint density at radius 3 is 2.65 bits per heavy atom. The number of rotatable bonds is 5. The topological polar surface area (TPSA) is 66.8 Å². The van der Waals surface area contributed by atoms with Crippen LogP contribution in [0.2, 0.25) is 0 Å². The standard InChI is InChI=1S/C12H19NO4/c14-11(8-17-7-9-4-5-9)13-6-2-1-3-10(13)12(15)16/h9-10H,1-8H2,(H,15,16)/t10-/m1/s1. The minimum Gasteiger partial charge on any atom is -0.480 e. The zero-order chi connectivity index (χ0) is 12.3. The Morgan fingerprint density at radius 2 is 2.00 bits per heavy atom. The molecule has 0 aromatic heterocycles. The van der Waals surface area contributed by atoms with E-state index in [-0.39, 0.29) is 12.5 Å². The van der Waals surface area contributed by atoms with E-state index in [0.29, 0.717) is 25.5 Å². The van der Waals surface area contributed by atoms with Crippen LogP contribution in [0.15, 0.2) is 0 Å². The lowest BCUT2D eigenvalue weighted by molar-refractivity contribution is -0.154. The summed E-state index contributed by atoms with van der Waals surface area (Å²) in [7, 11) is 0. The molecule has 0 spiro atoms. The summed E-state index contributed by atoms with van der Waals surface area (Å²) in [6.45, 7) is 1.21. The van der Waals surface area contributed by atoms with E-state index in [0.717, 1.165) is 12.8 Å². The van der Waals surface area contributed by atoms with Crippen LogP contribution >= 0.6 is 0 Å². The van der Waals surface area contributed by atoms with Crippen LogP contribution in [-0.2, 0) is 14.3 Å². The zero-order valence-electron chi connectivity index (χ0n) is 9.93. The molecule has 2 fully saturated rings. The molecule has 96 valence electrons.